The molecule has 0 aromatic carbocycles. The third kappa shape index (κ3) is 5.70. The predicted molar refractivity (Wildman–Crippen MR) is 59.7 cm³/mol. The number of alkyl halides is 3. The summed E-state index contributed by atoms with van der Waals surface area (Å²) in [6, 6.07) is 0.947. The number of nitrogens with zero attached hydrogens (tertiary/aromatic N) is 1. The Labute approximate surface area is 100 Å². The summed E-state index contributed by atoms with van der Waals surface area (Å²) in [5.41, 5.74) is 0. The van der Waals surface area contributed by atoms with Gasteiger partial charge in [-0.15, -0.1) is 13.2 Å². The molecule has 0 atom stereocenters. The second-order valence-corrected chi connectivity index (χ2v) is 4.57. The van der Waals surface area contributed by atoms with E-state index in [4.69, 9.17) is 0 Å². The molecule has 1 aliphatic rings. The largest absolute Gasteiger partial charge is 0.522 e. The number of halogens is 3. The Kier molecular flexibility index (Phi) is 5.69. The van der Waals surface area contributed by atoms with Gasteiger partial charge in [-0.05, 0) is 39.8 Å². The summed E-state index contributed by atoms with van der Waals surface area (Å²) < 4.78 is 39.2. The van der Waals surface area contributed by atoms with Gasteiger partial charge in [0.15, 0.2) is 0 Å². The lowest BCUT2D eigenvalue weighted by molar-refractivity contribution is -0.325. The smallest absolute Gasteiger partial charge is 0.317 e. The molecule has 3 nitrogen and oxygen atoms in total. The Morgan fingerprint density at radius 2 is 1.82 bits per heavy atom. The van der Waals surface area contributed by atoms with Gasteiger partial charge >= 0.3 is 6.36 Å². The molecule has 0 aromatic rings. The normalized spacial score (nSPS) is 26.5. The van der Waals surface area contributed by atoms with Crippen LogP contribution in [0.5, 0.6) is 0 Å². The number of rotatable bonds is 5. The van der Waals surface area contributed by atoms with E-state index in [9.17, 15) is 13.2 Å². The van der Waals surface area contributed by atoms with Crippen LogP contribution in [0, 0.1) is 0 Å². The highest BCUT2D eigenvalue weighted by atomic mass is 19.4. The van der Waals surface area contributed by atoms with Gasteiger partial charge in [-0.2, -0.15) is 0 Å². The van der Waals surface area contributed by atoms with Crippen LogP contribution in [-0.4, -0.2) is 50.6 Å². The van der Waals surface area contributed by atoms with E-state index in [1.54, 1.807) is 0 Å². The minimum atomic E-state index is -4.51. The van der Waals surface area contributed by atoms with Crippen LogP contribution >= 0.6 is 0 Å². The van der Waals surface area contributed by atoms with Gasteiger partial charge in [0.05, 0.1) is 6.61 Å². The maximum atomic E-state index is 11.8. The molecule has 1 rings (SSSR count). The molecule has 1 N–H and O–H groups in total. The lowest BCUT2D eigenvalue weighted by atomic mass is 9.90. The van der Waals surface area contributed by atoms with Crippen LogP contribution in [0.15, 0.2) is 0 Å². The van der Waals surface area contributed by atoms with Crippen molar-refractivity contribution < 1.29 is 17.9 Å². The Hall–Kier alpha value is -0.330. The highest BCUT2D eigenvalue weighted by Gasteiger charge is 2.29. The van der Waals surface area contributed by atoms with E-state index in [-0.39, 0.29) is 6.61 Å². The van der Waals surface area contributed by atoms with E-state index in [1.165, 1.54) is 0 Å². The third-order valence-corrected chi connectivity index (χ3v) is 3.44. The lowest BCUT2D eigenvalue weighted by Gasteiger charge is -2.34. The van der Waals surface area contributed by atoms with Gasteiger partial charge in [0.1, 0.15) is 0 Å². The number of ether oxygens (including phenoxy) is 1. The molecule has 102 valence electrons. The molecule has 0 saturated heterocycles. The zero-order valence-corrected chi connectivity index (χ0v) is 10.4. The molecule has 0 radical (unpaired) electrons. The van der Waals surface area contributed by atoms with Crippen molar-refractivity contribution >= 4 is 0 Å². The summed E-state index contributed by atoms with van der Waals surface area (Å²) in [7, 11) is 3.82. The fourth-order valence-corrected chi connectivity index (χ4v) is 2.29. The summed E-state index contributed by atoms with van der Waals surface area (Å²) in [6.45, 7) is 0.0420. The standard InChI is InChI=1S/C11H21F3N2O/c1-15-9-3-5-10(6-4-9)16(2)7-8-17-11(12,13)14/h9-10,15H,3-8H2,1-2H3. The van der Waals surface area contributed by atoms with Crippen molar-refractivity contribution in [2.45, 2.75) is 44.1 Å². The molecule has 1 aliphatic carbocycles. The molecule has 1 saturated carbocycles. The summed E-state index contributed by atoms with van der Waals surface area (Å²) >= 11 is 0. The van der Waals surface area contributed by atoms with Gasteiger partial charge in [0.25, 0.3) is 0 Å². The van der Waals surface area contributed by atoms with Crippen LogP contribution in [0.1, 0.15) is 25.7 Å². The maximum Gasteiger partial charge on any atom is 0.522 e. The van der Waals surface area contributed by atoms with E-state index >= 15 is 0 Å². The molecule has 0 aliphatic heterocycles. The third-order valence-electron chi connectivity index (χ3n) is 3.44. The van der Waals surface area contributed by atoms with E-state index in [1.807, 2.05) is 19.0 Å². The van der Waals surface area contributed by atoms with Crippen molar-refractivity contribution in [2.24, 2.45) is 0 Å². The van der Waals surface area contributed by atoms with Crippen LogP contribution < -0.4 is 5.32 Å². The Morgan fingerprint density at radius 3 is 2.29 bits per heavy atom. The molecule has 1 fully saturated rings. The van der Waals surface area contributed by atoms with Gasteiger partial charge in [-0.25, -0.2) is 0 Å². The molecule has 0 aromatic heterocycles. The van der Waals surface area contributed by atoms with Crippen LogP contribution in [-0.2, 0) is 4.74 Å². The van der Waals surface area contributed by atoms with E-state index in [2.05, 4.69) is 10.1 Å². The first-order chi connectivity index (χ1) is 7.92. The Morgan fingerprint density at radius 1 is 1.24 bits per heavy atom. The van der Waals surface area contributed by atoms with E-state index in [0.29, 0.717) is 18.6 Å². The highest BCUT2D eigenvalue weighted by molar-refractivity contribution is 4.80. The molecule has 6 heteroatoms. The molecular weight excluding hydrogens is 233 g/mol. The maximum absolute atomic E-state index is 11.8. The first-order valence-electron chi connectivity index (χ1n) is 6.00. The van der Waals surface area contributed by atoms with Crippen molar-refractivity contribution in [1.29, 1.82) is 0 Å². The first-order valence-corrected chi connectivity index (χ1v) is 6.00. The van der Waals surface area contributed by atoms with E-state index in [0.717, 1.165) is 25.7 Å². The summed E-state index contributed by atoms with van der Waals surface area (Å²) in [5.74, 6) is 0. The number of hydrogen-bond acceptors (Lipinski definition) is 3. The van der Waals surface area contributed by atoms with Crippen molar-refractivity contribution in [2.75, 3.05) is 27.2 Å². The van der Waals surface area contributed by atoms with Gasteiger partial charge in [-0.3, -0.25) is 4.74 Å². The fourth-order valence-electron chi connectivity index (χ4n) is 2.29. The SMILES string of the molecule is CNC1CCC(N(C)CCOC(F)(F)F)CC1. The Bertz CT molecular complexity index is 215. The molecular formula is C11H21F3N2O. The molecule has 0 unspecified atom stereocenters. The van der Waals surface area contributed by atoms with Crippen LogP contribution in [0.2, 0.25) is 0 Å². The molecule has 0 spiro atoms. The zero-order valence-electron chi connectivity index (χ0n) is 10.4. The number of nitrogens with one attached hydrogen (secondary N) is 1. The van der Waals surface area contributed by atoms with Crippen molar-refractivity contribution in [3.8, 4) is 0 Å². The molecule has 0 heterocycles. The minimum Gasteiger partial charge on any atom is -0.317 e. The second-order valence-electron chi connectivity index (χ2n) is 4.57. The summed E-state index contributed by atoms with van der Waals surface area (Å²) in [4.78, 5) is 1.97. The van der Waals surface area contributed by atoms with E-state index < -0.39 is 6.36 Å². The van der Waals surface area contributed by atoms with Crippen LogP contribution in [0.3, 0.4) is 0 Å². The fraction of sp³-hybridized carbons (Fsp3) is 1.00. The average molecular weight is 254 g/mol. The highest BCUT2D eigenvalue weighted by Crippen LogP contribution is 2.22. The average Bonchev–Trinajstić information content (AvgIpc) is 2.27. The number of hydrogen-bond donors (Lipinski definition) is 1. The van der Waals surface area contributed by atoms with Crippen molar-refractivity contribution in [3.05, 3.63) is 0 Å². The van der Waals surface area contributed by atoms with Gasteiger partial charge in [0.2, 0.25) is 0 Å². The van der Waals surface area contributed by atoms with Crippen molar-refractivity contribution in [1.82, 2.24) is 10.2 Å². The quantitative estimate of drug-likeness (QED) is 0.812. The van der Waals surface area contributed by atoms with Crippen LogP contribution in [0.4, 0.5) is 13.2 Å². The molecule has 0 amide bonds. The summed E-state index contributed by atoms with van der Waals surface area (Å²) in [6.07, 6.45) is -0.260. The first kappa shape index (κ1) is 14.7. The summed E-state index contributed by atoms with van der Waals surface area (Å²) in [5, 5.41) is 3.23. The second kappa shape index (κ2) is 6.56. The zero-order chi connectivity index (χ0) is 12.9. The molecule has 17 heavy (non-hydrogen) atoms. The van der Waals surface area contributed by atoms with Crippen molar-refractivity contribution in [3.63, 3.8) is 0 Å². The minimum absolute atomic E-state index is 0.286. The monoisotopic (exact) mass is 254 g/mol. The number of likely N-dealkylation sites (N-methyl/N-ethyl adjacent to an activating group) is 1. The van der Waals surface area contributed by atoms with Gasteiger partial charge in [-0.1, -0.05) is 0 Å². The Balaban J connectivity index is 2.18. The molecule has 0 bridgehead atoms. The van der Waals surface area contributed by atoms with Crippen LogP contribution in [0.25, 0.3) is 0 Å². The lowest BCUT2D eigenvalue weighted by Crippen LogP contribution is -2.41. The van der Waals surface area contributed by atoms with Gasteiger partial charge < -0.3 is 10.2 Å². The van der Waals surface area contributed by atoms with Gasteiger partial charge in [0, 0.05) is 18.6 Å². The predicted octanol–water partition coefficient (Wildman–Crippen LogP) is 1.99. The topological polar surface area (TPSA) is 24.5 Å².